The molecular formula is C19H17ClN6. The number of rotatable bonds is 5. The van der Waals surface area contributed by atoms with Gasteiger partial charge in [-0.05, 0) is 48.7 Å². The molecule has 0 amide bonds. The molecule has 0 spiro atoms. The van der Waals surface area contributed by atoms with Gasteiger partial charge < -0.3 is 5.32 Å². The Bertz CT molecular complexity index is 1040. The number of fused-ring (bicyclic) bond motifs is 1. The van der Waals surface area contributed by atoms with E-state index in [-0.39, 0.29) is 0 Å². The van der Waals surface area contributed by atoms with Gasteiger partial charge in [0, 0.05) is 18.9 Å². The Morgan fingerprint density at radius 3 is 2.81 bits per heavy atom. The fourth-order valence-electron chi connectivity index (χ4n) is 2.77. The number of pyridine rings is 1. The van der Waals surface area contributed by atoms with Crippen LogP contribution in [0.15, 0.2) is 55.2 Å². The molecule has 3 aromatic heterocycles. The van der Waals surface area contributed by atoms with E-state index in [0.717, 1.165) is 29.6 Å². The van der Waals surface area contributed by atoms with Crippen molar-refractivity contribution in [1.82, 2.24) is 24.5 Å². The number of benzene rings is 1. The molecule has 1 aromatic carbocycles. The fourth-order valence-corrected chi connectivity index (χ4v) is 2.95. The molecule has 0 radical (unpaired) electrons. The second-order valence-corrected chi connectivity index (χ2v) is 6.41. The van der Waals surface area contributed by atoms with Gasteiger partial charge in [0.25, 0.3) is 0 Å². The van der Waals surface area contributed by atoms with Crippen LogP contribution in [-0.2, 0) is 6.42 Å². The van der Waals surface area contributed by atoms with E-state index in [0.29, 0.717) is 16.8 Å². The number of hydrogen-bond donors (Lipinski definition) is 1. The Kier molecular flexibility index (Phi) is 4.50. The SMILES string of the molecule is Cc1ccc2c(c1)ncn2-c1nc(NCCc2ccncc2)ncc1Cl. The highest BCUT2D eigenvalue weighted by molar-refractivity contribution is 6.32. The van der Waals surface area contributed by atoms with Crippen molar-refractivity contribution in [1.29, 1.82) is 0 Å². The zero-order valence-electron chi connectivity index (χ0n) is 14.2. The average Bonchev–Trinajstić information content (AvgIpc) is 3.07. The molecule has 0 fully saturated rings. The van der Waals surface area contributed by atoms with Crippen molar-refractivity contribution in [3.05, 3.63) is 71.4 Å². The summed E-state index contributed by atoms with van der Waals surface area (Å²) in [6, 6.07) is 10.1. The summed E-state index contributed by atoms with van der Waals surface area (Å²) in [5.41, 5.74) is 4.23. The predicted octanol–water partition coefficient (Wildman–Crippen LogP) is 3.83. The molecule has 0 unspecified atom stereocenters. The standard InChI is InChI=1S/C19H17ClN6/c1-13-2-3-17-16(10-13)24-12-26(17)18-15(20)11-23-19(25-18)22-9-6-14-4-7-21-8-5-14/h2-5,7-8,10-12H,6,9H2,1H3,(H,22,23,25). The lowest BCUT2D eigenvalue weighted by atomic mass is 10.2. The molecule has 0 aliphatic carbocycles. The first kappa shape index (κ1) is 16.5. The second kappa shape index (κ2) is 7.09. The van der Waals surface area contributed by atoms with E-state index in [1.807, 2.05) is 41.8 Å². The molecule has 4 aromatic rings. The molecule has 0 aliphatic rings. The summed E-state index contributed by atoms with van der Waals surface area (Å²) in [6.45, 7) is 2.76. The van der Waals surface area contributed by atoms with Crippen LogP contribution in [0.25, 0.3) is 16.9 Å². The molecule has 0 saturated heterocycles. The number of anilines is 1. The number of nitrogens with zero attached hydrogens (tertiary/aromatic N) is 5. The van der Waals surface area contributed by atoms with Crippen LogP contribution in [0.3, 0.4) is 0 Å². The van der Waals surface area contributed by atoms with Crippen LogP contribution in [-0.4, -0.2) is 31.0 Å². The van der Waals surface area contributed by atoms with E-state index in [4.69, 9.17) is 11.6 Å². The summed E-state index contributed by atoms with van der Waals surface area (Å²) in [5.74, 6) is 1.15. The van der Waals surface area contributed by atoms with Crippen LogP contribution >= 0.6 is 11.6 Å². The van der Waals surface area contributed by atoms with Gasteiger partial charge in [0.05, 0.1) is 17.2 Å². The molecule has 3 heterocycles. The maximum absolute atomic E-state index is 6.34. The summed E-state index contributed by atoms with van der Waals surface area (Å²) >= 11 is 6.34. The minimum atomic E-state index is 0.476. The summed E-state index contributed by atoms with van der Waals surface area (Å²) < 4.78 is 1.88. The van der Waals surface area contributed by atoms with Gasteiger partial charge in [-0.1, -0.05) is 17.7 Å². The number of aromatic nitrogens is 5. The van der Waals surface area contributed by atoms with Crippen molar-refractivity contribution in [2.75, 3.05) is 11.9 Å². The predicted molar refractivity (Wildman–Crippen MR) is 103 cm³/mol. The molecule has 1 N–H and O–H groups in total. The highest BCUT2D eigenvalue weighted by atomic mass is 35.5. The maximum atomic E-state index is 6.34. The quantitative estimate of drug-likeness (QED) is 0.583. The number of hydrogen-bond acceptors (Lipinski definition) is 5. The van der Waals surface area contributed by atoms with Crippen molar-refractivity contribution in [3.63, 3.8) is 0 Å². The highest BCUT2D eigenvalue weighted by Crippen LogP contribution is 2.24. The van der Waals surface area contributed by atoms with E-state index in [9.17, 15) is 0 Å². The lowest BCUT2D eigenvalue weighted by Crippen LogP contribution is -2.10. The van der Waals surface area contributed by atoms with Gasteiger partial charge in [0.1, 0.15) is 11.3 Å². The van der Waals surface area contributed by atoms with Gasteiger partial charge in [0.2, 0.25) is 5.95 Å². The number of aryl methyl sites for hydroxylation is 1. The number of imidazole rings is 1. The first-order valence-corrected chi connectivity index (χ1v) is 8.68. The van der Waals surface area contributed by atoms with E-state index in [2.05, 4.69) is 25.3 Å². The first-order chi connectivity index (χ1) is 12.7. The Morgan fingerprint density at radius 2 is 1.96 bits per heavy atom. The minimum Gasteiger partial charge on any atom is -0.354 e. The van der Waals surface area contributed by atoms with Gasteiger partial charge in [-0.3, -0.25) is 9.55 Å². The maximum Gasteiger partial charge on any atom is 0.224 e. The van der Waals surface area contributed by atoms with Crippen LogP contribution < -0.4 is 5.32 Å². The first-order valence-electron chi connectivity index (χ1n) is 8.30. The van der Waals surface area contributed by atoms with E-state index < -0.39 is 0 Å². The minimum absolute atomic E-state index is 0.476. The van der Waals surface area contributed by atoms with E-state index in [1.165, 1.54) is 5.56 Å². The molecule has 130 valence electrons. The third kappa shape index (κ3) is 3.36. The Morgan fingerprint density at radius 1 is 1.12 bits per heavy atom. The fraction of sp³-hybridized carbons (Fsp3) is 0.158. The van der Waals surface area contributed by atoms with Crippen molar-refractivity contribution in [2.24, 2.45) is 0 Å². The van der Waals surface area contributed by atoms with Crippen LogP contribution in [0.2, 0.25) is 5.02 Å². The number of nitrogens with one attached hydrogen (secondary N) is 1. The molecule has 0 aliphatic heterocycles. The van der Waals surface area contributed by atoms with Gasteiger partial charge in [-0.15, -0.1) is 0 Å². The zero-order chi connectivity index (χ0) is 17.9. The third-order valence-corrected chi connectivity index (χ3v) is 4.37. The third-order valence-electron chi connectivity index (χ3n) is 4.10. The highest BCUT2D eigenvalue weighted by Gasteiger charge is 2.11. The molecule has 0 atom stereocenters. The Labute approximate surface area is 155 Å². The van der Waals surface area contributed by atoms with Crippen molar-refractivity contribution >= 4 is 28.6 Å². The van der Waals surface area contributed by atoms with Crippen molar-refractivity contribution in [2.45, 2.75) is 13.3 Å². The second-order valence-electron chi connectivity index (χ2n) is 6.00. The Balaban J connectivity index is 1.57. The number of halogens is 1. The molecule has 7 heteroatoms. The van der Waals surface area contributed by atoms with Crippen LogP contribution in [0.5, 0.6) is 0 Å². The molecule has 0 bridgehead atoms. The smallest absolute Gasteiger partial charge is 0.224 e. The topological polar surface area (TPSA) is 68.5 Å². The van der Waals surface area contributed by atoms with Gasteiger partial charge >= 0.3 is 0 Å². The van der Waals surface area contributed by atoms with Crippen LogP contribution in [0.1, 0.15) is 11.1 Å². The van der Waals surface area contributed by atoms with Crippen LogP contribution in [0, 0.1) is 6.92 Å². The average molecular weight is 365 g/mol. The van der Waals surface area contributed by atoms with E-state index >= 15 is 0 Å². The summed E-state index contributed by atoms with van der Waals surface area (Å²) in [4.78, 5) is 17.3. The van der Waals surface area contributed by atoms with E-state index in [1.54, 1.807) is 24.9 Å². The largest absolute Gasteiger partial charge is 0.354 e. The summed E-state index contributed by atoms with van der Waals surface area (Å²) in [6.07, 6.45) is 7.78. The molecular weight excluding hydrogens is 348 g/mol. The molecule has 26 heavy (non-hydrogen) atoms. The zero-order valence-corrected chi connectivity index (χ0v) is 15.0. The normalized spacial score (nSPS) is 11.0. The monoisotopic (exact) mass is 364 g/mol. The van der Waals surface area contributed by atoms with Gasteiger partial charge in [-0.2, -0.15) is 4.98 Å². The lowest BCUT2D eigenvalue weighted by Gasteiger charge is -2.09. The van der Waals surface area contributed by atoms with Crippen molar-refractivity contribution in [3.8, 4) is 5.82 Å². The molecule has 0 saturated carbocycles. The van der Waals surface area contributed by atoms with Gasteiger partial charge in [0.15, 0.2) is 5.82 Å². The summed E-state index contributed by atoms with van der Waals surface area (Å²) in [7, 11) is 0. The lowest BCUT2D eigenvalue weighted by molar-refractivity contribution is 0.951. The van der Waals surface area contributed by atoms with Crippen molar-refractivity contribution < 1.29 is 0 Å². The Hall–Kier alpha value is -2.99. The molecule has 4 rings (SSSR count). The summed E-state index contributed by atoms with van der Waals surface area (Å²) in [5, 5.41) is 3.72. The molecule has 6 nitrogen and oxygen atoms in total. The van der Waals surface area contributed by atoms with Crippen LogP contribution in [0.4, 0.5) is 5.95 Å². The van der Waals surface area contributed by atoms with Gasteiger partial charge in [-0.25, -0.2) is 9.97 Å².